The molecule has 4 amide bonds. The molecule has 5 aromatic rings. The van der Waals surface area contributed by atoms with Crippen LogP contribution in [0.2, 0.25) is 0 Å². The molecular weight excluding hydrogens is 785 g/mol. The van der Waals surface area contributed by atoms with E-state index in [1.165, 1.54) is 7.11 Å². The van der Waals surface area contributed by atoms with Crippen LogP contribution in [0, 0.1) is 5.92 Å². The van der Waals surface area contributed by atoms with E-state index in [0.717, 1.165) is 97.4 Å². The highest BCUT2D eigenvalue weighted by Gasteiger charge is 2.39. The first-order chi connectivity index (χ1) is 29.9. The Labute approximate surface area is 362 Å². The molecule has 3 aromatic carbocycles. The Morgan fingerprint density at radius 2 is 1.19 bits per heavy atom. The Morgan fingerprint density at radius 3 is 1.73 bits per heavy atom. The minimum atomic E-state index is -0.877. The van der Waals surface area contributed by atoms with Crippen molar-refractivity contribution < 1.29 is 28.7 Å². The van der Waals surface area contributed by atoms with Crippen molar-refractivity contribution in [2.24, 2.45) is 5.92 Å². The second-order valence-electron chi connectivity index (χ2n) is 17.6. The first-order valence-electron chi connectivity index (χ1n) is 21.7. The third-order valence-corrected chi connectivity index (χ3v) is 12.2. The van der Waals surface area contributed by atoms with Crippen molar-refractivity contribution in [1.29, 1.82) is 0 Å². The van der Waals surface area contributed by atoms with Gasteiger partial charge in [0, 0.05) is 25.0 Å². The fraction of sp³-hybridized carbons (Fsp3) is 0.417. The van der Waals surface area contributed by atoms with E-state index in [4.69, 9.17) is 19.4 Å². The van der Waals surface area contributed by atoms with Gasteiger partial charge in [0.2, 0.25) is 5.91 Å². The average molecular weight is 841 g/mol. The van der Waals surface area contributed by atoms with E-state index in [2.05, 4.69) is 69.1 Å². The standard InChI is InChI=1S/C48H56N8O6/c1-48(2,3)62-47(60)51-36-24-22-35(23-25-36)44(57)55-26-8-12-39(55)42-49-28-37(52-42)32-18-14-30(15-19-32)31-16-20-33(21-17-31)38-29-50-43(53-38)40-13-9-27-56(40)45(58)41(54-46(59)61-4)34-10-6-5-7-11-34/h5-7,10-11,14-21,28-29,35-36,39-41H,8-9,12-13,22-27H2,1-4H3,(H,49,52)(H,50,53)(H,51,60)(H,54,59)/t35?,36?,39-,40-,41+/m0/s1. The summed E-state index contributed by atoms with van der Waals surface area (Å²) in [5.41, 5.74) is 6.02. The van der Waals surface area contributed by atoms with Gasteiger partial charge in [0.15, 0.2) is 0 Å². The van der Waals surface area contributed by atoms with Crippen LogP contribution in [0.15, 0.2) is 91.3 Å². The van der Waals surface area contributed by atoms with E-state index in [1.54, 1.807) is 11.1 Å². The lowest BCUT2D eigenvalue weighted by Crippen LogP contribution is -2.43. The number of aromatic amines is 2. The topological polar surface area (TPSA) is 175 Å². The zero-order valence-electron chi connectivity index (χ0n) is 35.9. The van der Waals surface area contributed by atoms with Crippen LogP contribution in [0.3, 0.4) is 0 Å². The minimum absolute atomic E-state index is 0.0208. The van der Waals surface area contributed by atoms with Crippen molar-refractivity contribution in [3.8, 4) is 33.6 Å². The maximum absolute atomic E-state index is 13.9. The van der Waals surface area contributed by atoms with Crippen LogP contribution in [0.25, 0.3) is 33.6 Å². The molecule has 0 radical (unpaired) electrons. The molecule has 3 fully saturated rings. The van der Waals surface area contributed by atoms with E-state index in [9.17, 15) is 19.2 Å². The molecule has 0 bridgehead atoms. The molecule has 324 valence electrons. The zero-order valence-corrected chi connectivity index (χ0v) is 35.9. The number of likely N-dealkylation sites (tertiary alicyclic amines) is 2. The molecule has 1 saturated carbocycles. The van der Waals surface area contributed by atoms with Crippen molar-refractivity contribution >= 4 is 24.0 Å². The number of benzene rings is 3. The number of ether oxygens (including phenoxy) is 2. The molecule has 2 saturated heterocycles. The molecule has 2 aliphatic heterocycles. The highest BCUT2D eigenvalue weighted by Crippen LogP contribution is 2.37. The third-order valence-electron chi connectivity index (χ3n) is 12.2. The van der Waals surface area contributed by atoms with Crippen LogP contribution in [-0.4, -0.2) is 85.6 Å². The highest BCUT2D eigenvalue weighted by molar-refractivity contribution is 5.87. The van der Waals surface area contributed by atoms with Crippen LogP contribution >= 0.6 is 0 Å². The lowest BCUT2D eigenvalue weighted by Gasteiger charge is -2.33. The van der Waals surface area contributed by atoms with Crippen LogP contribution in [0.5, 0.6) is 0 Å². The summed E-state index contributed by atoms with van der Waals surface area (Å²) >= 11 is 0. The SMILES string of the molecule is COC(=O)N[C@@H](C(=O)N1CCC[C@H]1c1ncc(-c2ccc(-c3ccc(-c4cnc([C@@H]5CCCN5C(=O)C5CCC(NC(=O)OC(C)(C)C)CC5)[nH]4)cc3)cc2)[nH]1)c1ccccc1. The average Bonchev–Trinajstić information content (AvgIpc) is 4.13. The van der Waals surface area contributed by atoms with Crippen molar-refractivity contribution in [1.82, 2.24) is 40.4 Å². The molecule has 0 spiro atoms. The van der Waals surface area contributed by atoms with Gasteiger partial charge in [-0.3, -0.25) is 9.59 Å². The maximum atomic E-state index is 13.9. The van der Waals surface area contributed by atoms with E-state index >= 15 is 0 Å². The number of hydrogen-bond donors (Lipinski definition) is 4. The maximum Gasteiger partial charge on any atom is 0.407 e. The Hall–Kier alpha value is -6.44. The number of imidazole rings is 2. The fourth-order valence-electron chi connectivity index (χ4n) is 9.09. The fourth-order valence-corrected chi connectivity index (χ4v) is 9.09. The number of nitrogens with zero attached hydrogens (tertiary/aromatic N) is 4. The lowest BCUT2D eigenvalue weighted by atomic mass is 9.85. The van der Waals surface area contributed by atoms with Gasteiger partial charge in [-0.2, -0.15) is 0 Å². The van der Waals surface area contributed by atoms with Crippen LogP contribution in [0.4, 0.5) is 9.59 Å². The monoisotopic (exact) mass is 840 g/mol. The molecule has 4 N–H and O–H groups in total. The Kier molecular flexibility index (Phi) is 12.5. The summed E-state index contributed by atoms with van der Waals surface area (Å²) < 4.78 is 10.3. The molecule has 0 unspecified atom stereocenters. The number of carbonyl (C=O) groups excluding carboxylic acids is 4. The van der Waals surface area contributed by atoms with Crippen LogP contribution < -0.4 is 10.6 Å². The van der Waals surface area contributed by atoms with Gasteiger partial charge in [-0.05, 0) is 100.0 Å². The molecule has 2 aromatic heterocycles. The number of nitrogens with one attached hydrogen (secondary N) is 4. The normalized spacial score (nSPS) is 20.7. The smallest absolute Gasteiger partial charge is 0.407 e. The lowest BCUT2D eigenvalue weighted by molar-refractivity contribution is -0.138. The number of H-pyrrole nitrogens is 2. The Balaban J connectivity index is 0.874. The van der Waals surface area contributed by atoms with Gasteiger partial charge >= 0.3 is 12.2 Å². The number of rotatable bonds is 10. The number of aromatic nitrogens is 4. The van der Waals surface area contributed by atoms with Crippen molar-refractivity contribution in [2.75, 3.05) is 20.2 Å². The highest BCUT2D eigenvalue weighted by atomic mass is 16.6. The summed E-state index contributed by atoms with van der Waals surface area (Å²) in [6, 6.07) is 24.7. The van der Waals surface area contributed by atoms with E-state index in [-0.39, 0.29) is 35.9 Å². The Morgan fingerprint density at radius 1 is 0.677 bits per heavy atom. The summed E-state index contributed by atoms with van der Waals surface area (Å²) in [4.78, 5) is 72.4. The van der Waals surface area contributed by atoms with E-state index in [0.29, 0.717) is 17.9 Å². The molecular formula is C48H56N8O6. The van der Waals surface area contributed by atoms with Crippen molar-refractivity contribution in [2.45, 2.75) is 102 Å². The zero-order chi connectivity index (χ0) is 43.4. The van der Waals surface area contributed by atoms with Crippen LogP contribution in [0.1, 0.15) is 107 Å². The number of alkyl carbamates (subject to hydrolysis) is 2. The van der Waals surface area contributed by atoms with Gasteiger partial charge in [-0.1, -0.05) is 78.9 Å². The summed E-state index contributed by atoms with van der Waals surface area (Å²) in [6.45, 7) is 6.83. The second kappa shape index (κ2) is 18.3. The van der Waals surface area contributed by atoms with Gasteiger partial charge in [-0.25, -0.2) is 19.6 Å². The quantitative estimate of drug-likeness (QED) is 0.108. The van der Waals surface area contributed by atoms with Crippen molar-refractivity contribution in [3.05, 3.63) is 108 Å². The van der Waals surface area contributed by atoms with Gasteiger partial charge in [0.1, 0.15) is 23.3 Å². The van der Waals surface area contributed by atoms with Gasteiger partial charge in [0.05, 0.1) is 43.0 Å². The third kappa shape index (κ3) is 9.54. The second-order valence-corrected chi connectivity index (χ2v) is 17.6. The van der Waals surface area contributed by atoms with Crippen molar-refractivity contribution in [3.63, 3.8) is 0 Å². The number of hydrogen-bond acceptors (Lipinski definition) is 8. The number of methoxy groups -OCH3 is 1. The molecule has 62 heavy (non-hydrogen) atoms. The largest absolute Gasteiger partial charge is 0.453 e. The summed E-state index contributed by atoms with van der Waals surface area (Å²) in [7, 11) is 1.28. The Bertz CT molecular complexity index is 2340. The van der Waals surface area contributed by atoms with Crippen LogP contribution in [-0.2, 0) is 19.1 Å². The first kappa shape index (κ1) is 42.3. The molecule has 4 heterocycles. The van der Waals surface area contributed by atoms with Gasteiger partial charge in [0.25, 0.3) is 5.91 Å². The summed E-state index contributed by atoms with van der Waals surface area (Å²) in [5, 5.41) is 5.69. The van der Waals surface area contributed by atoms with Gasteiger partial charge < -0.3 is 39.9 Å². The molecule has 1 aliphatic carbocycles. The summed E-state index contributed by atoms with van der Waals surface area (Å²) in [6.07, 6.45) is 8.96. The minimum Gasteiger partial charge on any atom is -0.453 e. The van der Waals surface area contributed by atoms with Gasteiger partial charge in [-0.15, -0.1) is 0 Å². The number of amides is 4. The molecule has 14 nitrogen and oxygen atoms in total. The first-order valence-corrected chi connectivity index (χ1v) is 21.7. The summed E-state index contributed by atoms with van der Waals surface area (Å²) in [5.74, 6) is 1.43. The number of carbonyl (C=O) groups is 4. The molecule has 3 aliphatic rings. The van der Waals surface area contributed by atoms with E-state index < -0.39 is 23.8 Å². The van der Waals surface area contributed by atoms with E-state index in [1.807, 2.05) is 62.2 Å². The molecule has 8 rings (SSSR count). The molecule has 14 heteroatoms. The predicted octanol–water partition coefficient (Wildman–Crippen LogP) is 8.64. The predicted molar refractivity (Wildman–Crippen MR) is 234 cm³/mol. The molecule has 3 atom stereocenters.